The SMILES string of the molecule is C=CC(=O)N1CCN(C(C)C)C(C(=O)O)C1.C=CC(=O)N1CCN(C(C)C)C(CC(=O)O)C1. The first-order chi connectivity index (χ1) is 15.4. The van der Waals surface area contributed by atoms with Crippen LogP contribution in [0.3, 0.4) is 0 Å². The molecular weight excluding hydrogens is 428 g/mol. The number of aliphatic carboxylic acids is 2. The topological polar surface area (TPSA) is 122 Å². The van der Waals surface area contributed by atoms with Crippen LogP contribution in [0.15, 0.2) is 25.3 Å². The number of rotatable bonds is 7. The van der Waals surface area contributed by atoms with E-state index in [9.17, 15) is 19.2 Å². The van der Waals surface area contributed by atoms with Crippen molar-refractivity contribution in [3.63, 3.8) is 0 Å². The number of nitrogens with zero attached hydrogens (tertiary/aromatic N) is 4. The molecule has 0 saturated carbocycles. The van der Waals surface area contributed by atoms with Crippen molar-refractivity contribution in [2.75, 3.05) is 39.3 Å². The summed E-state index contributed by atoms with van der Waals surface area (Å²) >= 11 is 0. The third-order valence-corrected chi connectivity index (χ3v) is 5.94. The molecule has 2 unspecified atom stereocenters. The lowest BCUT2D eigenvalue weighted by Gasteiger charge is -2.42. The zero-order valence-electron chi connectivity index (χ0n) is 20.1. The summed E-state index contributed by atoms with van der Waals surface area (Å²) in [6.07, 6.45) is 2.58. The van der Waals surface area contributed by atoms with E-state index in [0.717, 1.165) is 6.54 Å². The maximum atomic E-state index is 11.5. The molecule has 0 aliphatic carbocycles. The Kier molecular flexibility index (Phi) is 11.2. The Morgan fingerprint density at radius 3 is 1.67 bits per heavy atom. The Balaban J connectivity index is 0.000000331. The van der Waals surface area contributed by atoms with Crippen LogP contribution in [0.1, 0.15) is 34.1 Å². The number of hydrogen-bond donors (Lipinski definition) is 2. The lowest BCUT2D eigenvalue weighted by molar-refractivity contribution is -0.148. The number of carboxylic acids is 2. The highest BCUT2D eigenvalue weighted by molar-refractivity contribution is 5.88. The first kappa shape index (κ1) is 28.3. The molecule has 0 aromatic heterocycles. The van der Waals surface area contributed by atoms with Crippen LogP contribution in [0, 0.1) is 0 Å². The summed E-state index contributed by atoms with van der Waals surface area (Å²) in [6, 6.07) is -0.259. The van der Waals surface area contributed by atoms with Gasteiger partial charge in [-0.15, -0.1) is 0 Å². The van der Waals surface area contributed by atoms with Crippen molar-refractivity contribution in [3.8, 4) is 0 Å². The average molecular weight is 467 g/mol. The highest BCUT2D eigenvalue weighted by Crippen LogP contribution is 2.17. The molecule has 10 nitrogen and oxygen atoms in total. The van der Waals surface area contributed by atoms with Gasteiger partial charge in [-0.3, -0.25) is 29.0 Å². The highest BCUT2D eigenvalue weighted by Gasteiger charge is 2.35. The fraction of sp³-hybridized carbons (Fsp3) is 0.652. The van der Waals surface area contributed by atoms with Crippen LogP contribution in [-0.4, -0.2) is 117 Å². The summed E-state index contributed by atoms with van der Waals surface area (Å²) in [5.74, 6) is -2.03. The van der Waals surface area contributed by atoms with Gasteiger partial charge in [-0.25, -0.2) is 0 Å². The molecule has 33 heavy (non-hydrogen) atoms. The van der Waals surface area contributed by atoms with Crippen LogP contribution in [0.4, 0.5) is 0 Å². The number of carbonyl (C=O) groups is 4. The van der Waals surface area contributed by atoms with Gasteiger partial charge in [0, 0.05) is 57.4 Å². The molecule has 2 N–H and O–H groups in total. The molecule has 186 valence electrons. The van der Waals surface area contributed by atoms with Crippen LogP contribution in [0.5, 0.6) is 0 Å². The van der Waals surface area contributed by atoms with Crippen LogP contribution in [-0.2, 0) is 19.2 Å². The van der Waals surface area contributed by atoms with Gasteiger partial charge in [0.15, 0.2) is 0 Å². The molecule has 2 rings (SSSR count). The maximum absolute atomic E-state index is 11.5. The van der Waals surface area contributed by atoms with Crippen molar-refractivity contribution in [1.82, 2.24) is 19.6 Å². The van der Waals surface area contributed by atoms with E-state index >= 15 is 0 Å². The summed E-state index contributed by atoms with van der Waals surface area (Å²) in [4.78, 5) is 52.1. The van der Waals surface area contributed by atoms with Gasteiger partial charge in [-0.2, -0.15) is 0 Å². The van der Waals surface area contributed by atoms with Crippen LogP contribution >= 0.6 is 0 Å². The third kappa shape index (κ3) is 8.29. The minimum Gasteiger partial charge on any atom is -0.481 e. The molecule has 2 amide bonds. The lowest BCUT2D eigenvalue weighted by Crippen LogP contribution is -2.59. The van der Waals surface area contributed by atoms with Crippen LogP contribution in [0.25, 0.3) is 0 Å². The van der Waals surface area contributed by atoms with Crippen molar-refractivity contribution in [2.45, 2.75) is 58.3 Å². The normalized spacial score (nSPS) is 21.9. The van der Waals surface area contributed by atoms with Crippen LogP contribution < -0.4 is 0 Å². The number of amides is 2. The van der Waals surface area contributed by atoms with E-state index in [2.05, 4.69) is 18.1 Å². The molecule has 2 aliphatic heterocycles. The molecular formula is C23H38N4O6. The van der Waals surface area contributed by atoms with Crippen molar-refractivity contribution in [1.29, 1.82) is 0 Å². The summed E-state index contributed by atoms with van der Waals surface area (Å²) in [5, 5.41) is 18.0. The van der Waals surface area contributed by atoms with E-state index < -0.39 is 18.0 Å². The predicted molar refractivity (Wildman–Crippen MR) is 125 cm³/mol. The minimum atomic E-state index is -0.879. The van der Waals surface area contributed by atoms with Crippen molar-refractivity contribution < 1.29 is 29.4 Å². The maximum Gasteiger partial charge on any atom is 0.322 e. The first-order valence-corrected chi connectivity index (χ1v) is 11.2. The van der Waals surface area contributed by atoms with Gasteiger partial charge >= 0.3 is 11.9 Å². The van der Waals surface area contributed by atoms with Gasteiger partial charge in [0.1, 0.15) is 6.04 Å². The monoisotopic (exact) mass is 466 g/mol. The molecule has 0 radical (unpaired) electrons. The number of carbonyl (C=O) groups excluding carboxylic acids is 2. The standard InChI is InChI=1S/C12H20N2O3.C11H18N2O3/c1-4-11(15)13-5-6-14(9(2)3)10(8-13)7-12(16)17;1-4-10(14)12-5-6-13(8(2)3)9(7-12)11(15)16/h4,9-10H,1,5-8H2,2-3H3,(H,16,17);4,8-9H,1,5-7H2,2-3H3,(H,15,16). The molecule has 2 fully saturated rings. The van der Waals surface area contributed by atoms with E-state index in [1.807, 2.05) is 32.6 Å². The van der Waals surface area contributed by atoms with Gasteiger partial charge in [-0.05, 0) is 39.8 Å². The molecule has 2 atom stereocenters. The second kappa shape index (κ2) is 13.1. The molecule has 2 saturated heterocycles. The van der Waals surface area contributed by atoms with E-state index in [1.54, 1.807) is 4.90 Å². The summed E-state index contributed by atoms with van der Waals surface area (Å²) in [6.45, 7) is 18.1. The van der Waals surface area contributed by atoms with Gasteiger partial charge in [0.05, 0.1) is 6.42 Å². The fourth-order valence-corrected chi connectivity index (χ4v) is 4.23. The summed E-state index contributed by atoms with van der Waals surface area (Å²) in [7, 11) is 0. The third-order valence-electron chi connectivity index (χ3n) is 5.94. The number of carboxylic acid groups (broad SMARTS) is 2. The smallest absolute Gasteiger partial charge is 0.322 e. The fourth-order valence-electron chi connectivity index (χ4n) is 4.23. The second-order valence-corrected chi connectivity index (χ2v) is 8.75. The molecule has 0 spiro atoms. The Morgan fingerprint density at radius 1 is 0.818 bits per heavy atom. The zero-order chi connectivity index (χ0) is 25.3. The van der Waals surface area contributed by atoms with Gasteiger partial charge in [0.25, 0.3) is 0 Å². The molecule has 2 heterocycles. The van der Waals surface area contributed by atoms with E-state index in [1.165, 1.54) is 17.1 Å². The minimum absolute atomic E-state index is 0.0686. The van der Waals surface area contributed by atoms with Gasteiger partial charge < -0.3 is 20.0 Å². The lowest BCUT2D eigenvalue weighted by atomic mass is 10.1. The molecule has 0 aromatic rings. The van der Waals surface area contributed by atoms with Crippen molar-refractivity contribution in [3.05, 3.63) is 25.3 Å². The largest absolute Gasteiger partial charge is 0.481 e. The molecule has 10 heteroatoms. The number of piperazine rings is 2. The first-order valence-electron chi connectivity index (χ1n) is 11.2. The Labute approximate surface area is 196 Å². The Hall–Kier alpha value is -2.72. The molecule has 0 aromatic carbocycles. The zero-order valence-corrected chi connectivity index (χ0v) is 20.1. The van der Waals surface area contributed by atoms with Gasteiger partial charge in [-0.1, -0.05) is 13.2 Å². The number of hydrogen-bond acceptors (Lipinski definition) is 6. The quantitative estimate of drug-likeness (QED) is 0.527. The predicted octanol–water partition coefficient (Wildman–Crippen LogP) is 0.747. The Bertz CT molecular complexity index is 738. The molecule has 0 bridgehead atoms. The van der Waals surface area contributed by atoms with E-state index in [-0.39, 0.29) is 36.9 Å². The van der Waals surface area contributed by atoms with Crippen molar-refractivity contribution in [2.24, 2.45) is 0 Å². The molecule has 2 aliphatic rings. The van der Waals surface area contributed by atoms with Crippen LogP contribution in [0.2, 0.25) is 0 Å². The highest BCUT2D eigenvalue weighted by atomic mass is 16.4. The average Bonchev–Trinajstić information content (AvgIpc) is 2.77. The van der Waals surface area contributed by atoms with Crippen molar-refractivity contribution >= 4 is 23.8 Å². The van der Waals surface area contributed by atoms with E-state index in [0.29, 0.717) is 32.2 Å². The summed E-state index contributed by atoms with van der Waals surface area (Å²) < 4.78 is 0. The summed E-state index contributed by atoms with van der Waals surface area (Å²) in [5.41, 5.74) is 0. The Morgan fingerprint density at radius 2 is 1.27 bits per heavy atom. The second-order valence-electron chi connectivity index (χ2n) is 8.75. The van der Waals surface area contributed by atoms with Gasteiger partial charge in [0.2, 0.25) is 11.8 Å². The van der Waals surface area contributed by atoms with E-state index in [4.69, 9.17) is 10.2 Å².